The lowest BCUT2D eigenvalue weighted by atomic mass is 10.1. The van der Waals surface area contributed by atoms with Crippen LogP contribution in [0.15, 0.2) is 29.4 Å². The summed E-state index contributed by atoms with van der Waals surface area (Å²) < 4.78 is 5.09. The maximum atomic E-state index is 12.1. The van der Waals surface area contributed by atoms with E-state index in [1.807, 2.05) is 17.0 Å². The van der Waals surface area contributed by atoms with Crippen LogP contribution in [0.3, 0.4) is 0 Å². The molecule has 1 saturated heterocycles. The third-order valence-electron chi connectivity index (χ3n) is 3.23. The van der Waals surface area contributed by atoms with Gasteiger partial charge in [0, 0.05) is 18.1 Å². The van der Waals surface area contributed by atoms with Crippen molar-refractivity contribution >= 4 is 29.1 Å². The lowest BCUT2D eigenvalue weighted by Crippen LogP contribution is -2.41. The Hall–Kier alpha value is -1.75. The molecule has 0 bridgehead atoms. The Morgan fingerprint density at radius 2 is 2.14 bits per heavy atom. The molecule has 0 amide bonds. The van der Waals surface area contributed by atoms with E-state index in [0.717, 1.165) is 31.6 Å². The third kappa shape index (κ3) is 4.63. The summed E-state index contributed by atoms with van der Waals surface area (Å²) in [7, 11) is 0. The molecule has 0 aliphatic carbocycles. The monoisotopic (exact) mass is 309 g/mol. The minimum atomic E-state index is -0.395. The summed E-state index contributed by atoms with van der Waals surface area (Å²) in [5.74, 6) is -0.0644. The number of amidine groups is 1. The Kier molecular flexibility index (Phi) is 5.87. The van der Waals surface area contributed by atoms with Crippen molar-refractivity contribution in [3.05, 3.63) is 29.3 Å². The second kappa shape index (κ2) is 7.88. The van der Waals surface area contributed by atoms with Crippen LogP contribution in [0.2, 0.25) is 5.02 Å². The maximum Gasteiger partial charge on any atom is 0.375 e. The second-order valence-electron chi connectivity index (χ2n) is 4.83. The van der Waals surface area contributed by atoms with Gasteiger partial charge in [-0.25, -0.2) is 4.79 Å². The molecule has 114 valence electrons. The van der Waals surface area contributed by atoms with Gasteiger partial charge in [0.15, 0.2) is 0 Å². The van der Waals surface area contributed by atoms with Gasteiger partial charge in [-0.1, -0.05) is 17.7 Å². The first kappa shape index (κ1) is 15.6. The van der Waals surface area contributed by atoms with Gasteiger partial charge in [-0.05, 0) is 44.4 Å². The fourth-order valence-corrected chi connectivity index (χ4v) is 2.41. The van der Waals surface area contributed by atoms with Crippen molar-refractivity contribution in [2.45, 2.75) is 26.2 Å². The van der Waals surface area contributed by atoms with Crippen LogP contribution in [-0.4, -0.2) is 36.4 Å². The van der Waals surface area contributed by atoms with Crippen molar-refractivity contribution in [1.82, 2.24) is 4.90 Å². The molecule has 1 aromatic rings. The van der Waals surface area contributed by atoms with Gasteiger partial charge in [-0.2, -0.15) is 0 Å². The molecule has 0 saturated carbocycles. The minimum Gasteiger partial charge on any atom is -0.460 e. The number of carbonyl (C=O) groups excluding carboxylic acids is 1. The molecule has 1 aliphatic rings. The van der Waals surface area contributed by atoms with E-state index in [0.29, 0.717) is 17.5 Å². The highest BCUT2D eigenvalue weighted by Crippen LogP contribution is 2.15. The van der Waals surface area contributed by atoms with Crippen LogP contribution < -0.4 is 5.43 Å². The average Bonchev–Trinajstić information content (AvgIpc) is 2.49. The molecular formula is C15H20ClN3O2. The van der Waals surface area contributed by atoms with Gasteiger partial charge in [0.1, 0.15) is 0 Å². The zero-order valence-electron chi connectivity index (χ0n) is 12.1. The molecule has 1 heterocycles. The average molecular weight is 310 g/mol. The number of hydrogen-bond donors (Lipinski definition) is 1. The fourth-order valence-electron chi connectivity index (χ4n) is 2.22. The Morgan fingerprint density at radius 1 is 1.38 bits per heavy atom. The Labute approximate surface area is 129 Å². The summed E-state index contributed by atoms with van der Waals surface area (Å²) in [6.45, 7) is 3.78. The molecule has 21 heavy (non-hydrogen) atoms. The van der Waals surface area contributed by atoms with Crippen LogP contribution in [0, 0.1) is 0 Å². The molecule has 6 heteroatoms. The number of rotatable bonds is 3. The van der Waals surface area contributed by atoms with Gasteiger partial charge in [-0.3, -0.25) is 5.43 Å². The van der Waals surface area contributed by atoms with Crippen LogP contribution in [0.4, 0.5) is 5.69 Å². The quantitative estimate of drug-likeness (QED) is 0.403. The topological polar surface area (TPSA) is 53.9 Å². The van der Waals surface area contributed by atoms with Crippen LogP contribution in [0.1, 0.15) is 26.2 Å². The van der Waals surface area contributed by atoms with Crippen molar-refractivity contribution in [3.8, 4) is 0 Å². The Bertz CT molecular complexity index is 513. The first-order chi connectivity index (χ1) is 10.2. The van der Waals surface area contributed by atoms with Gasteiger partial charge in [0.25, 0.3) is 0 Å². The van der Waals surface area contributed by atoms with E-state index in [1.165, 1.54) is 6.42 Å². The van der Waals surface area contributed by atoms with Gasteiger partial charge < -0.3 is 9.64 Å². The molecule has 0 radical (unpaired) electrons. The number of nitrogens with one attached hydrogen (secondary N) is 1. The first-order valence-electron chi connectivity index (χ1n) is 7.22. The lowest BCUT2D eigenvalue weighted by Gasteiger charge is -2.28. The molecule has 1 fully saturated rings. The Morgan fingerprint density at radius 3 is 2.81 bits per heavy atom. The van der Waals surface area contributed by atoms with Crippen molar-refractivity contribution < 1.29 is 9.53 Å². The number of esters is 1. The highest BCUT2D eigenvalue weighted by atomic mass is 35.5. The van der Waals surface area contributed by atoms with Crippen LogP contribution >= 0.6 is 11.6 Å². The minimum absolute atomic E-state index is 0.330. The predicted octanol–water partition coefficient (Wildman–Crippen LogP) is 3.11. The summed E-state index contributed by atoms with van der Waals surface area (Å²) in [5, 5.41) is 4.85. The van der Waals surface area contributed by atoms with Gasteiger partial charge in [-0.15, -0.1) is 5.10 Å². The molecule has 1 aromatic carbocycles. The van der Waals surface area contributed by atoms with E-state index < -0.39 is 5.97 Å². The third-order valence-corrected chi connectivity index (χ3v) is 3.46. The van der Waals surface area contributed by atoms with Gasteiger partial charge in [0.2, 0.25) is 5.84 Å². The molecule has 5 nitrogen and oxygen atoms in total. The molecule has 1 aliphatic heterocycles. The van der Waals surface area contributed by atoms with Crippen LogP contribution in [0.5, 0.6) is 0 Å². The summed E-state index contributed by atoms with van der Waals surface area (Å²) in [6.07, 6.45) is 3.32. The van der Waals surface area contributed by atoms with Gasteiger partial charge in [0.05, 0.1) is 12.3 Å². The molecule has 2 rings (SSSR count). The first-order valence-corrected chi connectivity index (χ1v) is 7.60. The van der Waals surface area contributed by atoms with Crippen molar-refractivity contribution in [1.29, 1.82) is 0 Å². The summed E-state index contributed by atoms with van der Waals surface area (Å²) in [6, 6.07) is 7.21. The SMILES string of the molecule is CCOC(=O)/C(=N\Nc1cccc(Cl)c1)N1CCCCC1. The molecule has 0 aromatic heterocycles. The van der Waals surface area contributed by atoms with E-state index in [2.05, 4.69) is 10.5 Å². The van der Waals surface area contributed by atoms with Crippen molar-refractivity contribution in [2.24, 2.45) is 5.10 Å². The van der Waals surface area contributed by atoms with E-state index in [-0.39, 0.29) is 0 Å². The molecule has 0 unspecified atom stereocenters. The zero-order valence-corrected chi connectivity index (χ0v) is 12.9. The smallest absolute Gasteiger partial charge is 0.375 e. The predicted molar refractivity (Wildman–Crippen MR) is 84.6 cm³/mol. The zero-order chi connectivity index (χ0) is 15.1. The van der Waals surface area contributed by atoms with E-state index in [9.17, 15) is 4.79 Å². The number of hydrogen-bond acceptors (Lipinski definition) is 4. The lowest BCUT2D eigenvalue weighted by molar-refractivity contribution is -0.136. The number of likely N-dealkylation sites (tertiary alicyclic amines) is 1. The number of benzene rings is 1. The number of nitrogens with zero attached hydrogens (tertiary/aromatic N) is 2. The highest BCUT2D eigenvalue weighted by Gasteiger charge is 2.22. The number of ether oxygens (including phenoxy) is 1. The standard InChI is InChI=1S/C15H20ClN3O2/c1-2-21-15(20)14(19-9-4-3-5-10-19)18-17-13-8-6-7-12(16)11-13/h6-8,11,17H,2-5,9-10H2,1H3/b18-14+. The number of anilines is 1. The number of hydrazone groups is 1. The summed E-state index contributed by atoms with van der Waals surface area (Å²) in [5.41, 5.74) is 3.62. The van der Waals surface area contributed by atoms with Crippen LogP contribution in [-0.2, 0) is 9.53 Å². The molecule has 0 spiro atoms. The van der Waals surface area contributed by atoms with E-state index >= 15 is 0 Å². The van der Waals surface area contributed by atoms with E-state index in [4.69, 9.17) is 16.3 Å². The van der Waals surface area contributed by atoms with Crippen LogP contribution in [0.25, 0.3) is 0 Å². The number of halogens is 1. The number of piperidine rings is 1. The normalized spacial score (nSPS) is 15.7. The van der Waals surface area contributed by atoms with E-state index in [1.54, 1.807) is 19.1 Å². The Balaban J connectivity index is 2.13. The molecule has 0 atom stereocenters. The van der Waals surface area contributed by atoms with Gasteiger partial charge >= 0.3 is 5.97 Å². The summed E-state index contributed by atoms with van der Waals surface area (Å²) >= 11 is 5.93. The van der Waals surface area contributed by atoms with Crippen molar-refractivity contribution in [3.63, 3.8) is 0 Å². The fraction of sp³-hybridized carbons (Fsp3) is 0.467. The molecular weight excluding hydrogens is 290 g/mol. The number of carbonyl (C=O) groups is 1. The second-order valence-corrected chi connectivity index (χ2v) is 5.26. The molecule has 1 N–H and O–H groups in total. The maximum absolute atomic E-state index is 12.1. The highest BCUT2D eigenvalue weighted by molar-refractivity contribution is 6.35. The summed E-state index contributed by atoms with van der Waals surface area (Å²) in [4.78, 5) is 14.0. The van der Waals surface area contributed by atoms with Crippen molar-refractivity contribution in [2.75, 3.05) is 25.1 Å². The largest absolute Gasteiger partial charge is 0.460 e.